The van der Waals surface area contributed by atoms with E-state index in [9.17, 15) is 0 Å². The molecule has 0 aromatic carbocycles. The standard InChI is InChI=1S/C13H22/c1-2-4-6-8-10-12-13-11-9-7-5-3-1/h1-2,9,11H,3-8,10,12-13H2/b2-1-,11-9?. The van der Waals surface area contributed by atoms with Crippen LogP contribution in [0, 0.1) is 0 Å². The molecule has 13 heavy (non-hydrogen) atoms. The summed E-state index contributed by atoms with van der Waals surface area (Å²) in [4.78, 5) is 0. The molecule has 0 N–H and O–H groups in total. The van der Waals surface area contributed by atoms with Gasteiger partial charge < -0.3 is 0 Å². The zero-order chi connectivity index (χ0) is 9.19. The van der Waals surface area contributed by atoms with Gasteiger partial charge in [0, 0.05) is 0 Å². The largest absolute Gasteiger partial charge is 0.0885 e. The van der Waals surface area contributed by atoms with E-state index >= 15 is 0 Å². The van der Waals surface area contributed by atoms with Gasteiger partial charge >= 0.3 is 0 Å². The topological polar surface area (TPSA) is 0 Å². The summed E-state index contributed by atoms with van der Waals surface area (Å²) in [5.41, 5.74) is 0. The molecule has 0 saturated carbocycles. The molecule has 0 aromatic rings. The summed E-state index contributed by atoms with van der Waals surface area (Å²) in [5.74, 6) is 0. The van der Waals surface area contributed by atoms with Crippen LogP contribution < -0.4 is 0 Å². The van der Waals surface area contributed by atoms with E-state index in [4.69, 9.17) is 0 Å². The predicted octanol–water partition coefficient (Wildman–Crippen LogP) is 4.62. The van der Waals surface area contributed by atoms with Crippen molar-refractivity contribution in [3.63, 3.8) is 0 Å². The molecule has 0 saturated heterocycles. The Hall–Kier alpha value is -0.520. The second-order valence-electron chi connectivity index (χ2n) is 3.87. The zero-order valence-electron chi connectivity index (χ0n) is 8.67. The van der Waals surface area contributed by atoms with Crippen LogP contribution in [-0.2, 0) is 0 Å². The van der Waals surface area contributed by atoms with E-state index in [0.717, 1.165) is 0 Å². The van der Waals surface area contributed by atoms with E-state index < -0.39 is 0 Å². The van der Waals surface area contributed by atoms with Crippen molar-refractivity contribution in [2.45, 2.75) is 57.8 Å². The van der Waals surface area contributed by atoms with Crippen LogP contribution in [0.4, 0.5) is 0 Å². The van der Waals surface area contributed by atoms with Crippen LogP contribution in [0.25, 0.3) is 0 Å². The second kappa shape index (κ2) is 8.10. The van der Waals surface area contributed by atoms with Crippen molar-refractivity contribution < 1.29 is 0 Å². The molecule has 74 valence electrons. The van der Waals surface area contributed by atoms with Gasteiger partial charge in [-0.05, 0) is 44.9 Å². The molecule has 0 aromatic heterocycles. The first-order valence-corrected chi connectivity index (χ1v) is 5.80. The quantitative estimate of drug-likeness (QED) is 0.475. The fourth-order valence-electron chi connectivity index (χ4n) is 1.70. The summed E-state index contributed by atoms with van der Waals surface area (Å²) < 4.78 is 0. The Morgan fingerprint density at radius 1 is 0.385 bits per heavy atom. The first kappa shape index (κ1) is 10.6. The molecule has 1 aliphatic carbocycles. The van der Waals surface area contributed by atoms with Crippen LogP contribution >= 0.6 is 0 Å². The molecule has 0 fully saturated rings. The van der Waals surface area contributed by atoms with Gasteiger partial charge in [0.15, 0.2) is 0 Å². The smallest absolute Gasteiger partial charge is 0.0348 e. The van der Waals surface area contributed by atoms with Crippen molar-refractivity contribution in [2.24, 2.45) is 0 Å². The van der Waals surface area contributed by atoms with Gasteiger partial charge in [0.05, 0.1) is 0 Å². The highest BCUT2D eigenvalue weighted by molar-refractivity contribution is 4.86. The number of hydrogen-bond acceptors (Lipinski definition) is 0. The Bertz CT molecular complexity index is 135. The molecule has 0 aliphatic heterocycles. The summed E-state index contributed by atoms with van der Waals surface area (Å²) >= 11 is 0. The van der Waals surface area contributed by atoms with Gasteiger partial charge in [0.2, 0.25) is 0 Å². The van der Waals surface area contributed by atoms with E-state index in [2.05, 4.69) is 24.3 Å². The fourth-order valence-corrected chi connectivity index (χ4v) is 1.70. The Morgan fingerprint density at radius 2 is 0.769 bits per heavy atom. The summed E-state index contributed by atoms with van der Waals surface area (Å²) in [6.07, 6.45) is 21.5. The third-order valence-corrected chi connectivity index (χ3v) is 2.57. The first-order chi connectivity index (χ1) is 6.50. The average Bonchev–Trinajstić information content (AvgIpc) is 2.18. The maximum absolute atomic E-state index is 2.36. The lowest BCUT2D eigenvalue weighted by atomic mass is 10.1. The van der Waals surface area contributed by atoms with Crippen LogP contribution in [0.15, 0.2) is 24.3 Å². The molecule has 1 aliphatic rings. The van der Waals surface area contributed by atoms with Crippen LogP contribution in [0.3, 0.4) is 0 Å². The van der Waals surface area contributed by atoms with Gasteiger partial charge in [-0.25, -0.2) is 0 Å². The van der Waals surface area contributed by atoms with Gasteiger partial charge in [-0.15, -0.1) is 0 Å². The predicted molar refractivity (Wildman–Crippen MR) is 59.8 cm³/mol. The highest BCUT2D eigenvalue weighted by Crippen LogP contribution is 2.09. The minimum atomic E-state index is 1.27. The van der Waals surface area contributed by atoms with Gasteiger partial charge in [-0.3, -0.25) is 0 Å². The van der Waals surface area contributed by atoms with E-state index in [-0.39, 0.29) is 0 Å². The number of rotatable bonds is 0. The van der Waals surface area contributed by atoms with Crippen LogP contribution in [0.2, 0.25) is 0 Å². The monoisotopic (exact) mass is 178 g/mol. The molecule has 0 nitrogen and oxygen atoms in total. The molecule has 0 amide bonds. The van der Waals surface area contributed by atoms with Crippen molar-refractivity contribution in [1.29, 1.82) is 0 Å². The van der Waals surface area contributed by atoms with Crippen LogP contribution in [0.1, 0.15) is 57.8 Å². The fraction of sp³-hybridized carbons (Fsp3) is 0.692. The van der Waals surface area contributed by atoms with Gasteiger partial charge in [0.25, 0.3) is 0 Å². The Morgan fingerprint density at radius 3 is 1.23 bits per heavy atom. The van der Waals surface area contributed by atoms with Crippen LogP contribution in [0.5, 0.6) is 0 Å². The maximum atomic E-state index is 2.36. The lowest BCUT2D eigenvalue weighted by Crippen LogP contribution is -1.76. The minimum absolute atomic E-state index is 1.27. The van der Waals surface area contributed by atoms with Crippen LogP contribution in [-0.4, -0.2) is 0 Å². The first-order valence-electron chi connectivity index (χ1n) is 5.80. The summed E-state index contributed by atoms with van der Waals surface area (Å²) in [6.45, 7) is 0. The third-order valence-electron chi connectivity index (χ3n) is 2.57. The summed E-state index contributed by atoms with van der Waals surface area (Å²) in [7, 11) is 0. The van der Waals surface area contributed by atoms with Gasteiger partial charge in [-0.2, -0.15) is 0 Å². The van der Waals surface area contributed by atoms with E-state index in [1.165, 1.54) is 57.8 Å². The normalized spacial score (nSPS) is 24.0. The van der Waals surface area contributed by atoms with Crippen molar-refractivity contribution in [2.75, 3.05) is 0 Å². The second-order valence-corrected chi connectivity index (χ2v) is 3.87. The molecule has 0 atom stereocenters. The Balaban J connectivity index is 2.18. The van der Waals surface area contributed by atoms with E-state index in [0.29, 0.717) is 0 Å². The summed E-state index contributed by atoms with van der Waals surface area (Å²) in [6, 6.07) is 0. The molecule has 0 spiro atoms. The molecule has 0 heterocycles. The molecule has 1 rings (SSSR count). The zero-order valence-corrected chi connectivity index (χ0v) is 8.67. The molecule has 0 heteroatoms. The third kappa shape index (κ3) is 6.62. The maximum Gasteiger partial charge on any atom is -0.0348 e. The lowest BCUT2D eigenvalue weighted by Gasteiger charge is -1.95. The van der Waals surface area contributed by atoms with Crippen molar-refractivity contribution in [1.82, 2.24) is 0 Å². The van der Waals surface area contributed by atoms with Gasteiger partial charge in [-0.1, -0.05) is 37.1 Å². The van der Waals surface area contributed by atoms with Crippen molar-refractivity contribution >= 4 is 0 Å². The molecule has 0 unspecified atom stereocenters. The summed E-state index contributed by atoms with van der Waals surface area (Å²) in [5, 5.41) is 0. The lowest BCUT2D eigenvalue weighted by molar-refractivity contribution is 0.652. The minimum Gasteiger partial charge on any atom is -0.0885 e. The molecule has 0 radical (unpaired) electrons. The molecular formula is C13H22. The van der Waals surface area contributed by atoms with Crippen molar-refractivity contribution in [3.8, 4) is 0 Å². The highest BCUT2D eigenvalue weighted by Gasteiger charge is 1.89. The van der Waals surface area contributed by atoms with E-state index in [1.807, 2.05) is 0 Å². The Kier molecular flexibility index (Phi) is 6.58. The SMILES string of the molecule is C1=CCCCCCC/C=C\CCC1. The molecule has 0 bridgehead atoms. The van der Waals surface area contributed by atoms with Gasteiger partial charge in [0.1, 0.15) is 0 Å². The number of hydrogen-bond donors (Lipinski definition) is 0. The number of allylic oxidation sites excluding steroid dienone is 4. The average molecular weight is 178 g/mol. The van der Waals surface area contributed by atoms with Crippen molar-refractivity contribution in [3.05, 3.63) is 24.3 Å². The Labute approximate surface area is 82.7 Å². The van der Waals surface area contributed by atoms with E-state index in [1.54, 1.807) is 0 Å². The molecular weight excluding hydrogens is 156 g/mol. The highest BCUT2D eigenvalue weighted by atomic mass is 14.0.